The van der Waals surface area contributed by atoms with Gasteiger partial charge in [0.15, 0.2) is 10.7 Å². The number of imidazole rings is 1. The number of hydrogen-bond donors (Lipinski definition) is 1. The minimum Gasteiger partial charge on any atom is -0.439 e. The molecule has 0 radical (unpaired) electrons. The van der Waals surface area contributed by atoms with Crippen molar-refractivity contribution in [2.24, 2.45) is 0 Å². The molecular formula is C12H13N5OS. The topological polar surface area (TPSA) is 68.2 Å². The average Bonchev–Trinajstić information content (AvgIpc) is 2.99. The largest absolute Gasteiger partial charge is 0.439 e. The molecule has 0 fully saturated rings. The Morgan fingerprint density at radius 2 is 2.32 bits per heavy atom. The molecule has 0 aliphatic heterocycles. The maximum absolute atomic E-state index is 5.35. The fourth-order valence-corrected chi connectivity index (χ4v) is 2.54. The molecule has 3 heterocycles. The number of fused-ring (bicyclic) bond motifs is 1. The minimum atomic E-state index is 0.573. The van der Waals surface area contributed by atoms with Crippen LogP contribution in [0.3, 0.4) is 0 Å². The lowest BCUT2D eigenvalue weighted by molar-refractivity contribution is 0.454. The van der Waals surface area contributed by atoms with Crippen molar-refractivity contribution < 1.29 is 4.42 Å². The third-order valence-corrected chi connectivity index (χ3v) is 3.31. The van der Waals surface area contributed by atoms with Gasteiger partial charge in [-0.1, -0.05) is 0 Å². The number of anilines is 1. The minimum absolute atomic E-state index is 0.573. The number of aromatic nitrogens is 4. The molecule has 0 aromatic carbocycles. The molecule has 3 aromatic rings. The zero-order valence-electron chi connectivity index (χ0n) is 10.6. The van der Waals surface area contributed by atoms with Crippen molar-refractivity contribution in [2.75, 3.05) is 11.9 Å². The van der Waals surface area contributed by atoms with Crippen LogP contribution in [0, 0.1) is 6.92 Å². The smallest absolute Gasteiger partial charge is 0.262 e. The standard InChI is InChI=1S/C12H13N5OS/c1-3-13-9-6-17-5-4-14-10(17)11(16-9)19-12-15-8(2)7-18-12/h4-7,13H,3H2,1-2H3. The van der Waals surface area contributed by atoms with Gasteiger partial charge in [-0.25, -0.2) is 15.0 Å². The van der Waals surface area contributed by atoms with Crippen LogP contribution in [0.4, 0.5) is 5.82 Å². The van der Waals surface area contributed by atoms with Gasteiger partial charge in [0.1, 0.15) is 12.1 Å². The summed E-state index contributed by atoms with van der Waals surface area (Å²) >= 11 is 1.37. The van der Waals surface area contributed by atoms with E-state index >= 15 is 0 Å². The summed E-state index contributed by atoms with van der Waals surface area (Å²) in [6.45, 7) is 4.74. The lowest BCUT2D eigenvalue weighted by Gasteiger charge is -2.06. The van der Waals surface area contributed by atoms with Crippen LogP contribution in [-0.4, -0.2) is 25.9 Å². The maximum Gasteiger partial charge on any atom is 0.262 e. The van der Waals surface area contributed by atoms with Crippen molar-refractivity contribution in [3.8, 4) is 0 Å². The van der Waals surface area contributed by atoms with E-state index < -0.39 is 0 Å². The van der Waals surface area contributed by atoms with Crippen LogP contribution in [0.5, 0.6) is 0 Å². The maximum atomic E-state index is 5.35. The Bertz CT molecular complexity index is 705. The first-order chi connectivity index (χ1) is 9.26. The summed E-state index contributed by atoms with van der Waals surface area (Å²) in [5.41, 5.74) is 1.65. The fourth-order valence-electron chi connectivity index (χ4n) is 1.70. The first-order valence-electron chi connectivity index (χ1n) is 5.94. The highest BCUT2D eigenvalue weighted by molar-refractivity contribution is 7.99. The number of nitrogens with zero attached hydrogens (tertiary/aromatic N) is 4. The highest BCUT2D eigenvalue weighted by Crippen LogP contribution is 2.29. The Hall–Kier alpha value is -2.02. The van der Waals surface area contributed by atoms with Crippen LogP contribution >= 0.6 is 11.8 Å². The molecule has 0 saturated carbocycles. The fraction of sp³-hybridized carbons (Fsp3) is 0.250. The van der Waals surface area contributed by atoms with E-state index in [2.05, 4.69) is 20.3 Å². The average molecular weight is 275 g/mol. The van der Waals surface area contributed by atoms with Gasteiger partial charge < -0.3 is 14.1 Å². The van der Waals surface area contributed by atoms with Crippen LogP contribution in [-0.2, 0) is 0 Å². The van der Waals surface area contributed by atoms with E-state index in [9.17, 15) is 0 Å². The molecule has 6 nitrogen and oxygen atoms in total. The van der Waals surface area contributed by atoms with Crippen molar-refractivity contribution in [2.45, 2.75) is 24.1 Å². The molecule has 0 aliphatic carbocycles. The summed E-state index contributed by atoms with van der Waals surface area (Å²) in [7, 11) is 0. The van der Waals surface area contributed by atoms with E-state index in [1.165, 1.54) is 11.8 Å². The van der Waals surface area contributed by atoms with E-state index in [0.29, 0.717) is 5.22 Å². The van der Waals surface area contributed by atoms with Crippen molar-refractivity contribution >= 4 is 23.2 Å². The Kier molecular flexibility index (Phi) is 3.12. The van der Waals surface area contributed by atoms with E-state index in [-0.39, 0.29) is 0 Å². The number of nitrogens with one attached hydrogen (secondary N) is 1. The van der Waals surface area contributed by atoms with Crippen LogP contribution in [0.1, 0.15) is 12.6 Å². The Morgan fingerprint density at radius 3 is 3.05 bits per heavy atom. The summed E-state index contributed by atoms with van der Waals surface area (Å²) in [5, 5.41) is 4.54. The SMILES string of the molecule is CCNc1cn2ccnc2c(Sc2nc(C)co2)n1. The molecule has 0 spiro atoms. The zero-order chi connectivity index (χ0) is 13.2. The van der Waals surface area contributed by atoms with Crippen molar-refractivity contribution in [3.63, 3.8) is 0 Å². The highest BCUT2D eigenvalue weighted by atomic mass is 32.2. The zero-order valence-corrected chi connectivity index (χ0v) is 11.4. The van der Waals surface area contributed by atoms with Gasteiger partial charge in [-0.2, -0.15) is 0 Å². The monoisotopic (exact) mass is 275 g/mol. The van der Waals surface area contributed by atoms with Crippen LogP contribution < -0.4 is 5.32 Å². The third kappa shape index (κ3) is 2.41. The van der Waals surface area contributed by atoms with Gasteiger partial charge in [-0.05, 0) is 25.6 Å². The highest BCUT2D eigenvalue weighted by Gasteiger charge is 2.12. The van der Waals surface area contributed by atoms with Crippen molar-refractivity contribution in [1.29, 1.82) is 0 Å². The molecule has 19 heavy (non-hydrogen) atoms. The summed E-state index contributed by atoms with van der Waals surface area (Å²) < 4.78 is 7.28. The molecule has 98 valence electrons. The van der Waals surface area contributed by atoms with Crippen molar-refractivity contribution in [1.82, 2.24) is 19.4 Å². The molecular weight excluding hydrogens is 262 g/mol. The van der Waals surface area contributed by atoms with E-state index in [1.807, 2.05) is 30.6 Å². The molecule has 7 heteroatoms. The quantitative estimate of drug-likeness (QED) is 0.789. The predicted molar refractivity (Wildman–Crippen MR) is 72.5 cm³/mol. The molecule has 0 atom stereocenters. The molecule has 3 rings (SSSR count). The number of rotatable bonds is 4. The van der Waals surface area contributed by atoms with Gasteiger partial charge in [0.2, 0.25) is 0 Å². The Labute approximate surface area is 114 Å². The molecule has 0 unspecified atom stereocenters. The molecule has 0 amide bonds. The number of oxazole rings is 1. The molecule has 0 bridgehead atoms. The van der Waals surface area contributed by atoms with Gasteiger partial charge in [0, 0.05) is 18.9 Å². The summed E-state index contributed by atoms with van der Waals surface area (Å²) in [4.78, 5) is 13.1. The van der Waals surface area contributed by atoms with Gasteiger partial charge in [0.25, 0.3) is 5.22 Å². The second kappa shape index (κ2) is 4.93. The van der Waals surface area contributed by atoms with Crippen LogP contribution in [0.2, 0.25) is 0 Å². The normalized spacial score (nSPS) is 11.1. The van der Waals surface area contributed by atoms with Crippen LogP contribution in [0.15, 0.2) is 39.5 Å². The number of aryl methyl sites for hydroxylation is 1. The van der Waals surface area contributed by atoms with Crippen molar-refractivity contribution in [3.05, 3.63) is 30.5 Å². The van der Waals surface area contributed by atoms with E-state index in [1.54, 1.807) is 12.5 Å². The first-order valence-corrected chi connectivity index (χ1v) is 6.75. The second-order valence-electron chi connectivity index (χ2n) is 3.98. The predicted octanol–water partition coefficient (Wildman–Crippen LogP) is 2.61. The molecule has 3 aromatic heterocycles. The molecule has 0 aliphatic rings. The first kappa shape index (κ1) is 12.0. The lowest BCUT2D eigenvalue weighted by Crippen LogP contribution is -2.02. The van der Waals surface area contributed by atoms with Gasteiger partial charge in [-0.15, -0.1) is 0 Å². The molecule has 0 saturated heterocycles. The Morgan fingerprint density at radius 1 is 1.42 bits per heavy atom. The van der Waals surface area contributed by atoms with E-state index in [0.717, 1.165) is 28.7 Å². The van der Waals surface area contributed by atoms with Gasteiger partial charge in [-0.3, -0.25) is 0 Å². The van der Waals surface area contributed by atoms with Gasteiger partial charge >= 0.3 is 0 Å². The summed E-state index contributed by atoms with van der Waals surface area (Å²) in [6, 6.07) is 0. The summed E-state index contributed by atoms with van der Waals surface area (Å²) in [6.07, 6.45) is 7.18. The summed E-state index contributed by atoms with van der Waals surface area (Å²) in [5.74, 6) is 0.804. The second-order valence-corrected chi connectivity index (χ2v) is 4.92. The Balaban J connectivity index is 2.02. The lowest BCUT2D eigenvalue weighted by atomic mass is 10.6. The third-order valence-electron chi connectivity index (χ3n) is 2.48. The van der Waals surface area contributed by atoms with Crippen LogP contribution in [0.25, 0.3) is 5.65 Å². The number of hydrogen-bond acceptors (Lipinski definition) is 6. The van der Waals surface area contributed by atoms with Gasteiger partial charge in [0.05, 0.1) is 11.9 Å². The van der Waals surface area contributed by atoms with E-state index in [4.69, 9.17) is 4.42 Å². The molecule has 1 N–H and O–H groups in total.